The van der Waals surface area contributed by atoms with Gasteiger partial charge in [0, 0.05) is 55.2 Å². The minimum Gasteiger partial charge on any atom is -0.488 e. The van der Waals surface area contributed by atoms with Crippen LogP contribution in [0.2, 0.25) is 0 Å². The Kier molecular flexibility index (Phi) is 9.23. The van der Waals surface area contributed by atoms with E-state index in [0.717, 1.165) is 30.1 Å². The van der Waals surface area contributed by atoms with Crippen LogP contribution in [0.3, 0.4) is 0 Å². The van der Waals surface area contributed by atoms with E-state index in [1.807, 2.05) is 6.92 Å². The summed E-state index contributed by atoms with van der Waals surface area (Å²) in [5.74, 6) is 0.977. The van der Waals surface area contributed by atoms with Gasteiger partial charge >= 0.3 is 6.09 Å². The highest BCUT2D eigenvalue weighted by Gasteiger charge is 2.26. The minimum atomic E-state index is -0.381. The monoisotopic (exact) mass is 594 g/mol. The molecule has 222 valence electrons. The van der Waals surface area contributed by atoms with Crippen molar-refractivity contribution in [2.24, 2.45) is 0 Å². The number of fused-ring (bicyclic) bond motifs is 1. The number of nitrogens with zero attached hydrogens (tertiary/aromatic N) is 3. The second-order valence-electron chi connectivity index (χ2n) is 10.1. The molecule has 1 atom stereocenters. The molecule has 0 saturated carbocycles. The van der Waals surface area contributed by atoms with E-state index < -0.39 is 0 Å². The molecule has 3 amide bonds. The van der Waals surface area contributed by atoms with Crippen LogP contribution in [0, 0.1) is 0 Å². The lowest BCUT2D eigenvalue weighted by atomic mass is 10.1. The van der Waals surface area contributed by atoms with Crippen molar-refractivity contribution >= 4 is 34.4 Å². The maximum absolute atomic E-state index is 13.4. The van der Waals surface area contributed by atoms with Crippen LogP contribution in [0.5, 0.6) is 17.2 Å². The van der Waals surface area contributed by atoms with Gasteiger partial charge in [-0.2, -0.15) is 0 Å². The molecule has 3 aromatic rings. The number of ether oxygens (including phenoxy) is 4. The van der Waals surface area contributed by atoms with Crippen molar-refractivity contribution in [1.82, 2.24) is 14.8 Å². The van der Waals surface area contributed by atoms with Crippen molar-refractivity contribution < 1.29 is 33.3 Å². The summed E-state index contributed by atoms with van der Waals surface area (Å²) in [7, 11) is 1.59. The minimum absolute atomic E-state index is 0.00625. The van der Waals surface area contributed by atoms with E-state index in [4.69, 9.17) is 18.9 Å². The molecule has 0 radical (unpaired) electrons. The van der Waals surface area contributed by atoms with Crippen molar-refractivity contribution in [1.29, 1.82) is 0 Å². The average molecular weight is 595 g/mol. The van der Waals surface area contributed by atoms with Gasteiger partial charge in [-0.3, -0.25) is 14.9 Å². The topological polar surface area (TPSA) is 120 Å². The molecular formula is C30H34N4O7S. The third-order valence-corrected chi connectivity index (χ3v) is 7.84. The summed E-state index contributed by atoms with van der Waals surface area (Å²) in [6.07, 6.45) is 0.998. The number of benzene rings is 2. The zero-order valence-corrected chi connectivity index (χ0v) is 24.7. The molecule has 3 heterocycles. The SMILES string of the molecule is CCOC(=O)N1CCc2nc(NC(=O)c3cc(Oc4ccc(C(=O)N5CCC5)cc4)cc(O[C@@H](C)COC)c3)sc2C1. The molecule has 0 aliphatic carbocycles. The number of hydrogen-bond donors (Lipinski definition) is 1. The molecule has 42 heavy (non-hydrogen) atoms. The van der Waals surface area contributed by atoms with Gasteiger partial charge in [0.2, 0.25) is 0 Å². The lowest BCUT2D eigenvalue weighted by molar-refractivity contribution is 0.0651. The largest absolute Gasteiger partial charge is 0.488 e. The summed E-state index contributed by atoms with van der Waals surface area (Å²) in [6.45, 7) is 6.79. The lowest BCUT2D eigenvalue weighted by Gasteiger charge is -2.30. The van der Waals surface area contributed by atoms with Crippen LogP contribution >= 0.6 is 11.3 Å². The Morgan fingerprint density at radius 3 is 2.45 bits per heavy atom. The van der Waals surface area contributed by atoms with Crippen LogP contribution in [0.4, 0.5) is 9.93 Å². The number of carbonyl (C=O) groups excluding carboxylic acids is 3. The molecule has 2 aliphatic rings. The predicted octanol–water partition coefficient (Wildman–Crippen LogP) is 4.96. The molecule has 2 aromatic carbocycles. The number of nitrogens with one attached hydrogen (secondary N) is 1. The van der Waals surface area contributed by atoms with E-state index >= 15 is 0 Å². The summed E-state index contributed by atoms with van der Waals surface area (Å²) < 4.78 is 22.4. The Morgan fingerprint density at radius 1 is 1.00 bits per heavy atom. The Labute approximate surface area is 248 Å². The van der Waals surface area contributed by atoms with Crippen molar-refractivity contribution in [3.8, 4) is 17.2 Å². The standard InChI is InChI=1S/C30H34N4O7S/c1-4-39-30(37)34-13-10-25-26(17-34)42-29(31-25)32-27(35)21-14-23(40-19(2)18-38-3)16-24(15-21)41-22-8-6-20(7-9-22)28(36)33-11-5-12-33/h6-9,14-16,19H,4-5,10-13,17-18H2,1-3H3,(H,31,32,35)/t19-/m0/s1. The molecular weight excluding hydrogens is 560 g/mol. The molecule has 12 heteroatoms. The number of methoxy groups -OCH3 is 1. The van der Waals surface area contributed by atoms with E-state index in [-0.39, 0.29) is 24.0 Å². The number of aromatic nitrogens is 1. The smallest absolute Gasteiger partial charge is 0.410 e. The van der Waals surface area contributed by atoms with Crippen LogP contribution in [0.15, 0.2) is 42.5 Å². The van der Waals surface area contributed by atoms with E-state index in [9.17, 15) is 14.4 Å². The predicted molar refractivity (Wildman–Crippen MR) is 157 cm³/mol. The van der Waals surface area contributed by atoms with Gasteiger partial charge in [0.05, 0.1) is 25.5 Å². The number of carbonyl (C=O) groups is 3. The third kappa shape index (κ3) is 7.00. The summed E-state index contributed by atoms with van der Waals surface area (Å²) in [5, 5.41) is 3.32. The van der Waals surface area contributed by atoms with Gasteiger partial charge < -0.3 is 28.7 Å². The van der Waals surface area contributed by atoms with Gasteiger partial charge in [-0.1, -0.05) is 11.3 Å². The fraction of sp³-hybridized carbons (Fsp3) is 0.400. The highest BCUT2D eigenvalue weighted by molar-refractivity contribution is 7.15. The molecule has 0 bridgehead atoms. The second-order valence-corrected chi connectivity index (χ2v) is 11.1. The molecule has 0 unspecified atom stereocenters. The second kappa shape index (κ2) is 13.2. The van der Waals surface area contributed by atoms with Crippen LogP contribution in [-0.4, -0.2) is 78.8 Å². The van der Waals surface area contributed by atoms with Crippen LogP contribution in [0.1, 0.15) is 51.6 Å². The maximum atomic E-state index is 13.4. The van der Waals surface area contributed by atoms with Gasteiger partial charge in [0.25, 0.3) is 11.8 Å². The fourth-order valence-electron chi connectivity index (χ4n) is 4.62. The third-order valence-electron chi connectivity index (χ3n) is 6.84. The summed E-state index contributed by atoms with van der Waals surface area (Å²) in [6, 6.07) is 11.9. The molecule has 1 N–H and O–H groups in total. The Hall–Kier alpha value is -4.16. The fourth-order valence-corrected chi connectivity index (χ4v) is 5.64. The van der Waals surface area contributed by atoms with E-state index in [2.05, 4.69) is 10.3 Å². The number of hydrogen-bond acceptors (Lipinski definition) is 9. The van der Waals surface area contributed by atoms with Crippen LogP contribution in [-0.2, 0) is 22.4 Å². The molecule has 5 rings (SSSR count). The molecule has 2 aliphatic heterocycles. The molecule has 1 fully saturated rings. The Bertz CT molecular complexity index is 1440. The zero-order valence-electron chi connectivity index (χ0n) is 23.9. The van der Waals surface area contributed by atoms with E-state index in [1.165, 1.54) is 11.3 Å². The van der Waals surface area contributed by atoms with E-state index in [1.54, 1.807) is 66.3 Å². The van der Waals surface area contributed by atoms with Crippen LogP contribution < -0.4 is 14.8 Å². The first-order chi connectivity index (χ1) is 20.3. The number of amides is 3. The normalized spacial score (nSPS) is 14.8. The quantitative estimate of drug-likeness (QED) is 0.350. The van der Waals surface area contributed by atoms with Gasteiger partial charge in [-0.15, -0.1) is 0 Å². The first-order valence-electron chi connectivity index (χ1n) is 13.9. The van der Waals surface area contributed by atoms with Crippen molar-refractivity contribution in [3.05, 3.63) is 64.2 Å². The van der Waals surface area contributed by atoms with Crippen molar-refractivity contribution in [2.75, 3.05) is 45.3 Å². The maximum Gasteiger partial charge on any atom is 0.410 e. The van der Waals surface area contributed by atoms with Gasteiger partial charge in [-0.25, -0.2) is 9.78 Å². The molecule has 1 aromatic heterocycles. The first-order valence-corrected chi connectivity index (χ1v) is 14.7. The number of anilines is 1. The molecule has 0 spiro atoms. The number of thiazole rings is 1. The zero-order chi connectivity index (χ0) is 29.6. The van der Waals surface area contributed by atoms with Crippen molar-refractivity contribution in [3.63, 3.8) is 0 Å². The number of rotatable bonds is 10. The Morgan fingerprint density at radius 2 is 1.76 bits per heavy atom. The molecule has 11 nitrogen and oxygen atoms in total. The highest BCUT2D eigenvalue weighted by atomic mass is 32.1. The first kappa shape index (κ1) is 29.3. The lowest BCUT2D eigenvalue weighted by Crippen LogP contribution is -2.41. The summed E-state index contributed by atoms with van der Waals surface area (Å²) in [5.41, 5.74) is 1.78. The van der Waals surface area contributed by atoms with Gasteiger partial charge in [-0.05, 0) is 56.7 Å². The summed E-state index contributed by atoms with van der Waals surface area (Å²) in [4.78, 5) is 46.9. The van der Waals surface area contributed by atoms with Gasteiger partial charge in [0.1, 0.15) is 23.4 Å². The summed E-state index contributed by atoms with van der Waals surface area (Å²) >= 11 is 1.33. The average Bonchev–Trinajstić information content (AvgIpc) is 3.34. The molecule has 1 saturated heterocycles. The van der Waals surface area contributed by atoms with Gasteiger partial charge in [0.15, 0.2) is 5.13 Å². The van der Waals surface area contributed by atoms with Crippen molar-refractivity contribution in [2.45, 2.75) is 39.3 Å². The highest BCUT2D eigenvalue weighted by Crippen LogP contribution is 2.31. The Balaban J connectivity index is 1.32. The number of likely N-dealkylation sites (tertiary alicyclic amines) is 1. The van der Waals surface area contributed by atoms with Crippen LogP contribution in [0.25, 0.3) is 0 Å². The van der Waals surface area contributed by atoms with E-state index in [0.29, 0.717) is 66.2 Å².